The van der Waals surface area contributed by atoms with E-state index in [0.717, 1.165) is 0 Å². The number of ketones is 3. The van der Waals surface area contributed by atoms with Crippen LogP contribution in [0.25, 0.3) is 0 Å². The number of hydrogen-bond donors (Lipinski definition) is 2. The van der Waals surface area contributed by atoms with Crippen LogP contribution in [0.15, 0.2) is 11.1 Å². The molecule has 0 bridgehead atoms. The number of aliphatic hydroxyl groups excluding tert-OH is 2. The molecule has 160 valence electrons. The standard InChI is InChI=1S/C24H34O5/c1-12(25)13-9-18(29)24(6)20-14(26)10-16-21(2,3)17(28)7-8-22(16,4)19(20)15(27)11-23(13,24)5/h13-14,16,18,26,29H,7-11H2,1-6H3/t13-,14+,16+,18+,22+,23-,24+/m1/s1. The Kier molecular flexibility index (Phi) is 4.24. The van der Waals surface area contributed by atoms with Crippen LogP contribution < -0.4 is 0 Å². The molecule has 2 fully saturated rings. The van der Waals surface area contributed by atoms with Crippen LogP contribution in [0.5, 0.6) is 0 Å². The monoisotopic (exact) mass is 402 g/mol. The number of carbonyl (C=O) groups is 3. The SMILES string of the molecule is CC(=O)[C@H]1C[C@H](O)[C@@]2(C)C3=C(C(=O)C[C@]12C)[C@@]1(C)CCC(=O)C(C)(C)[C@@H]1C[C@@H]3O. The fourth-order valence-corrected chi connectivity index (χ4v) is 7.90. The van der Waals surface area contributed by atoms with E-state index in [1.54, 1.807) is 0 Å². The Morgan fingerprint density at radius 3 is 2.24 bits per heavy atom. The molecule has 0 aromatic heterocycles. The average molecular weight is 403 g/mol. The van der Waals surface area contributed by atoms with Crippen molar-refractivity contribution in [3.8, 4) is 0 Å². The van der Waals surface area contributed by atoms with Gasteiger partial charge in [-0.15, -0.1) is 0 Å². The van der Waals surface area contributed by atoms with Gasteiger partial charge in [-0.1, -0.05) is 34.6 Å². The summed E-state index contributed by atoms with van der Waals surface area (Å²) >= 11 is 0. The van der Waals surface area contributed by atoms with Crippen LogP contribution >= 0.6 is 0 Å². The summed E-state index contributed by atoms with van der Waals surface area (Å²) in [6.07, 6.45) is 0.277. The van der Waals surface area contributed by atoms with Crippen molar-refractivity contribution in [2.45, 2.75) is 85.9 Å². The van der Waals surface area contributed by atoms with Gasteiger partial charge in [0.05, 0.1) is 12.2 Å². The maximum Gasteiger partial charge on any atom is 0.160 e. The molecule has 0 unspecified atom stereocenters. The van der Waals surface area contributed by atoms with Crippen molar-refractivity contribution in [1.82, 2.24) is 0 Å². The highest BCUT2D eigenvalue weighted by molar-refractivity contribution is 6.01. The van der Waals surface area contributed by atoms with Gasteiger partial charge in [-0.2, -0.15) is 0 Å². The molecule has 0 aromatic carbocycles. The van der Waals surface area contributed by atoms with Gasteiger partial charge < -0.3 is 10.2 Å². The molecule has 0 heterocycles. The molecule has 0 aliphatic heterocycles. The summed E-state index contributed by atoms with van der Waals surface area (Å²) < 4.78 is 0. The molecule has 0 amide bonds. The van der Waals surface area contributed by atoms with E-state index in [1.165, 1.54) is 6.92 Å². The molecule has 4 rings (SSSR count). The van der Waals surface area contributed by atoms with E-state index in [2.05, 4.69) is 6.92 Å². The predicted molar refractivity (Wildman–Crippen MR) is 108 cm³/mol. The molecule has 0 spiro atoms. The van der Waals surface area contributed by atoms with E-state index in [1.807, 2.05) is 27.7 Å². The van der Waals surface area contributed by atoms with Crippen LogP contribution in [0, 0.1) is 33.5 Å². The summed E-state index contributed by atoms with van der Waals surface area (Å²) in [6, 6.07) is 0. The van der Waals surface area contributed by atoms with Crippen molar-refractivity contribution >= 4 is 17.3 Å². The van der Waals surface area contributed by atoms with E-state index >= 15 is 0 Å². The lowest BCUT2D eigenvalue weighted by molar-refractivity contribution is -0.146. The molecule has 0 saturated heterocycles. The lowest BCUT2D eigenvalue weighted by Crippen LogP contribution is -2.60. The molecular weight excluding hydrogens is 368 g/mol. The lowest BCUT2D eigenvalue weighted by Gasteiger charge is -2.60. The zero-order valence-electron chi connectivity index (χ0n) is 18.5. The molecule has 4 aliphatic carbocycles. The number of fused-ring (bicyclic) bond motifs is 4. The van der Waals surface area contributed by atoms with Crippen molar-refractivity contribution < 1.29 is 24.6 Å². The molecule has 5 nitrogen and oxygen atoms in total. The highest BCUT2D eigenvalue weighted by Gasteiger charge is 2.70. The molecule has 2 N–H and O–H groups in total. The van der Waals surface area contributed by atoms with Crippen molar-refractivity contribution in [1.29, 1.82) is 0 Å². The lowest BCUT2D eigenvalue weighted by atomic mass is 9.42. The van der Waals surface area contributed by atoms with Gasteiger partial charge in [-0.05, 0) is 43.1 Å². The van der Waals surface area contributed by atoms with Crippen molar-refractivity contribution in [2.75, 3.05) is 0 Å². The number of rotatable bonds is 1. The summed E-state index contributed by atoms with van der Waals surface area (Å²) in [4.78, 5) is 38.7. The van der Waals surface area contributed by atoms with Gasteiger partial charge in [0.15, 0.2) is 5.78 Å². The molecule has 0 radical (unpaired) electrons. The third-order valence-corrected chi connectivity index (χ3v) is 9.80. The minimum Gasteiger partial charge on any atom is -0.392 e. The summed E-state index contributed by atoms with van der Waals surface area (Å²) in [5.74, 6) is -0.359. The first-order valence-electron chi connectivity index (χ1n) is 10.9. The fourth-order valence-electron chi connectivity index (χ4n) is 7.90. The van der Waals surface area contributed by atoms with Crippen molar-refractivity contribution in [2.24, 2.45) is 33.5 Å². The molecule has 29 heavy (non-hydrogen) atoms. The smallest absolute Gasteiger partial charge is 0.160 e. The molecule has 0 aromatic rings. The number of carbonyl (C=O) groups excluding carboxylic acids is 3. The Morgan fingerprint density at radius 1 is 1.03 bits per heavy atom. The Balaban J connectivity index is 1.97. The molecular formula is C24H34O5. The summed E-state index contributed by atoms with van der Waals surface area (Å²) in [6.45, 7) is 11.4. The van der Waals surface area contributed by atoms with Crippen LogP contribution in [0.3, 0.4) is 0 Å². The second-order valence-electron chi connectivity index (χ2n) is 11.3. The second kappa shape index (κ2) is 5.88. The number of Topliss-reactive ketones (excluding diaryl/α,β-unsaturated/α-hetero) is 3. The first-order chi connectivity index (χ1) is 13.2. The normalized spacial score (nSPS) is 48.8. The zero-order valence-corrected chi connectivity index (χ0v) is 18.5. The number of allylic oxidation sites excluding steroid dienone is 1. The number of aliphatic hydroxyl groups is 2. The van der Waals surface area contributed by atoms with Gasteiger partial charge in [0.2, 0.25) is 0 Å². The van der Waals surface area contributed by atoms with Gasteiger partial charge in [-0.25, -0.2) is 0 Å². The molecule has 7 atom stereocenters. The van der Waals surface area contributed by atoms with E-state index in [0.29, 0.717) is 36.8 Å². The Hall–Kier alpha value is -1.33. The molecule has 5 heteroatoms. The average Bonchev–Trinajstić information content (AvgIpc) is 2.81. The first kappa shape index (κ1) is 20.9. The van der Waals surface area contributed by atoms with Crippen LogP contribution in [0.4, 0.5) is 0 Å². The highest BCUT2D eigenvalue weighted by Crippen LogP contribution is 2.70. The van der Waals surface area contributed by atoms with E-state index in [-0.39, 0.29) is 29.7 Å². The van der Waals surface area contributed by atoms with Crippen LogP contribution in [0.1, 0.15) is 73.6 Å². The van der Waals surface area contributed by atoms with Crippen molar-refractivity contribution in [3.05, 3.63) is 11.1 Å². The topological polar surface area (TPSA) is 91.7 Å². The van der Waals surface area contributed by atoms with Gasteiger partial charge in [0.1, 0.15) is 11.6 Å². The minimum absolute atomic E-state index is 0.00842. The summed E-state index contributed by atoms with van der Waals surface area (Å²) in [5.41, 5.74) is -1.35. The van der Waals surface area contributed by atoms with Gasteiger partial charge in [-0.3, -0.25) is 14.4 Å². The predicted octanol–water partition coefficient (Wildman–Crippen LogP) is 3.01. The largest absolute Gasteiger partial charge is 0.392 e. The van der Waals surface area contributed by atoms with Crippen molar-refractivity contribution in [3.63, 3.8) is 0 Å². The third-order valence-electron chi connectivity index (χ3n) is 9.80. The van der Waals surface area contributed by atoms with Gasteiger partial charge in [0.25, 0.3) is 0 Å². The highest BCUT2D eigenvalue weighted by atomic mass is 16.3. The quantitative estimate of drug-likeness (QED) is 0.703. The zero-order chi connectivity index (χ0) is 21.7. The minimum atomic E-state index is -0.887. The third kappa shape index (κ3) is 2.26. The second-order valence-corrected chi connectivity index (χ2v) is 11.3. The Labute approximate surface area is 172 Å². The van der Waals surface area contributed by atoms with Crippen LogP contribution in [0.2, 0.25) is 0 Å². The van der Waals surface area contributed by atoms with Gasteiger partial charge in [0, 0.05) is 40.6 Å². The fraction of sp³-hybridized carbons (Fsp3) is 0.792. The summed E-state index contributed by atoms with van der Waals surface area (Å²) in [7, 11) is 0. The van der Waals surface area contributed by atoms with Crippen LogP contribution in [-0.2, 0) is 14.4 Å². The molecule has 2 saturated carbocycles. The van der Waals surface area contributed by atoms with E-state index in [9.17, 15) is 24.6 Å². The van der Waals surface area contributed by atoms with E-state index < -0.39 is 39.8 Å². The molecule has 4 aliphatic rings. The van der Waals surface area contributed by atoms with Crippen LogP contribution in [-0.4, -0.2) is 39.8 Å². The Morgan fingerprint density at radius 2 is 1.66 bits per heavy atom. The maximum atomic E-state index is 13.6. The number of hydrogen-bond acceptors (Lipinski definition) is 5. The first-order valence-corrected chi connectivity index (χ1v) is 10.9. The van der Waals surface area contributed by atoms with Gasteiger partial charge >= 0.3 is 0 Å². The maximum absolute atomic E-state index is 13.6. The van der Waals surface area contributed by atoms with E-state index in [4.69, 9.17) is 0 Å². The Bertz CT molecular complexity index is 853. The summed E-state index contributed by atoms with van der Waals surface area (Å²) in [5, 5.41) is 22.5.